The van der Waals surface area contributed by atoms with Crippen molar-refractivity contribution in [2.75, 3.05) is 6.54 Å². The average molecular weight is 187 g/mol. The smallest absolute Gasteiger partial charge is 0.220 e. The maximum atomic E-state index is 11.3. The molecule has 1 heterocycles. The molecular weight excluding hydrogens is 174 g/mol. The molecule has 1 amide bonds. The molecule has 2 aliphatic rings. The van der Waals surface area contributed by atoms with Gasteiger partial charge in [-0.25, -0.2) is 0 Å². The van der Waals surface area contributed by atoms with Crippen molar-refractivity contribution in [2.45, 2.75) is 24.7 Å². The molecule has 72 valence electrons. The molecule has 0 unspecified atom stereocenters. The van der Waals surface area contributed by atoms with Gasteiger partial charge in [0.15, 0.2) is 0 Å². The van der Waals surface area contributed by atoms with Crippen LogP contribution in [0, 0.1) is 0 Å². The van der Waals surface area contributed by atoms with Crippen LogP contribution in [-0.2, 0) is 16.6 Å². The summed E-state index contributed by atoms with van der Waals surface area (Å²) in [5.74, 6) is 0.210. The summed E-state index contributed by atoms with van der Waals surface area (Å²) in [5.41, 5.74) is 2.97. The fourth-order valence-corrected chi connectivity index (χ4v) is 2.83. The highest BCUT2D eigenvalue weighted by molar-refractivity contribution is 5.81. The van der Waals surface area contributed by atoms with Gasteiger partial charge in [0, 0.05) is 18.4 Å². The first kappa shape index (κ1) is 8.04. The summed E-state index contributed by atoms with van der Waals surface area (Å²) >= 11 is 0. The second-order valence-corrected chi connectivity index (χ2v) is 4.39. The lowest BCUT2D eigenvalue weighted by molar-refractivity contribution is -0.119. The number of hydrogen-bond acceptors (Lipinski definition) is 1. The summed E-state index contributed by atoms with van der Waals surface area (Å²) in [4.78, 5) is 11.3. The number of fused-ring (bicyclic) bond motifs is 2. The van der Waals surface area contributed by atoms with E-state index in [9.17, 15) is 4.79 Å². The van der Waals surface area contributed by atoms with Crippen molar-refractivity contribution in [3.63, 3.8) is 0 Å². The van der Waals surface area contributed by atoms with Gasteiger partial charge in [-0.3, -0.25) is 4.79 Å². The number of benzene rings is 1. The van der Waals surface area contributed by atoms with Gasteiger partial charge in [0.2, 0.25) is 5.91 Å². The molecule has 1 aliphatic heterocycles. The average Bonchev–Trinajstić information content (AvgIpc) is 2.75. The summed E-state index contributed by atoms with van der Waals surface area (Å²) in [6.07, 6.45) is 2.94. The lowest BCUT2D eigenvalue weighted by atomic mass is 9.81. The Morgan fingerprint density at radius 2 is 2.14 bits per heavy atom. The minimum Gasteiger partial charge on any atom is -0.355 e. The highest BCUT2D eigenvalue weighted by atomic mass is 16.1. The van der Waals surface area contributed by atoms with Crippen LogP contribution in [0.2, 0.25) is 0 Å². The molecule has 2 heteroatoms. The van der Waals surface area contributed by atoms with Crippen LogP contribution in [0.25, 0.3) is 0 Å². The van der Waals surface area contributed by atoms with Gasteiger partial charge in [0.1, 0.15) is 0 Å². The minimum absolute atomic E-state index is 0.133. The Balaban J connectivity index is 2.09. The fourth-order valence-electron chi connectivity index (χ4n) is 2.83. The van der Waals surface area contributed by atoms with Crippen LogP contribution >= 0.6 is 0 Å². The molecule has 0 radical (unpaired) electrons. The van der Waals surface area contributed by atoms with Gasteiger partial charge < -0.3 is 5.32 Å². The number of aryl methyl sites for hydroxylation is 1. The van der Waals surface area contributed by atoms with E-state index in [1.807, 2.05) is 0 Å². The van der Waals surface area contributed by atoms with Crippen molar-refractivity contribution in [2.24, 2.45) is 0 Å². The summed E-state index contributed by atoms with van der Waals surface area (Å²) < 4.78 is 0. The van der Waals surface area contributed by atoms with Crippen molar-refractivity contribution in [1.82, 2.24) is 5.32 Å². The molecule has 0 saturated carbocycles. The van der Waals surface area contributed by atoms with E-state index < -0.39 is 0 Å². The van der Waals surface area contributed by atoms with Crippen LogP contribution in [0.3, 0.4) is 0 Å². The van der Waals surface area contributed by atoms with Gasteiger partial charge in [-0.05, 0) is 24.0 Å². The molecule has 1 N–H and O–H groups in total. The quantitative estimate of drug-likeness (QED) is 0.653. The van der Waals surface area contributed by atoms with Crippen LogP contribution in [0.4, 0.5) is 0 Å². The van der Waals surface area contributed by atoms with Crippen molar-refractivity contribution in [1.29, 1.82) is 0 Å². The molecule has 1 aliphatic carbocycles. The number of nitrogens with one attached hydrogen (secondary N) is 1. The Morgan fingerprint density at radius 3 is 2.93 bits per heavy atom. The van der Waals surface area contributed by atoms with Gasteiger partial charge in [0.05, 0.1) is 0 Å². The van der Waals surface area contributed by atoms with E-state index in [0.29, 0.717) is 6.42 Å². The number of carbonyl (C=O) groups excluding carboxylic acids is 1. The van der Waals surface area contributed by atoms with Gasteiger partial charge >= 0.3 is 0 Å². The van der Waals surface area contributed by atoms with E-state index in [2.05, 4.69) is 29.6 Å². The lowest BCUT2D eigenvalue weighted by Crippen LogP contribution is -2.25. The second-order valence-electron chi connectivity index (χ2n) is 4.39. The molecule has 1 spiro atoms. The Kier molecular flexibility index (Phi) is 1.49. The number of carbonyl (C=O) groups is 1. The van der Waals surface area contributed by atoms with Gasteiger partial charge in [0.25, 0.3) is 0 Å². The highest BCUT2D eigenvalue weighted by Crippen LogP contribution is 2.43. The first-order valence-corrected chi connectivity index (χ1v) is 5.15. The van der Waals surface area contributed by atoms with Crippen molar-refractivity contribution < 1.29 is 4.79 Å². The topological polar surface area (TPSA) is 29.1 Å². The van der Waals surface area contributed by atoms with E-state index >= 15 is 0 Å². The Bertz CT molecular complexity index is 399. The maximum absolute atomic E-state index is 11.3. The van der Waals surface area contributed by atoms with Crippen LogP contribution < -0.4 is 5.32 Å². The standard InChI is InChI=1S/C12H13NO/c14-11-7-12(8-13-11)6-5-9-3-1-2-4-10(9)12/h1-4H,5-8H2,(H,13,14)/t12-/m1/s1. The van der Waals surface area contributed by atoms with Crippen LogP contribution in [0.5, 0.6) is 0 Å². The molecule has 1 atom stereocenters. The SMILES string of the molecule is O=C1C[C@]2(CCc3ccccc32)CN1. The van der Waals surface area contributed by atoms with E-state index in [-0.39, 0.29) is 11.3 Å². The van der Waals surface area contributed by atoms with Crippen LogP contribution in [0.15, 0.2) is 24.3 Å². The van der Waals surface area contributed by atoms with Crippen LogP contribution in [-0.4, -0.2) is 12.5 Å². The summed E-state index contributed by atoms with van der Waals surface area (Å²) in [5, 5.41) is 2.95. The second kappa shape index (κ2) is 2.59. The Labute approximate surface area is 83.3 Å². The monoisotopic (exact) mass is 187 g/mol. The molecule has 0 aromatic heterocycles. The summed E-state index contributed by atoms with van der Waals surface area (Å²) in [6.45, 7) is 0.836. The van der Waals surface area contributed by atoms with Gasteiger partial charge in [-0.15, -0.1) is 0 Å². The third-order valence-electron chi connectivity index (χ3n) is 3.58. The maximum Gasteiger partial charge on any atom is 0.220 e. The summed E-state index contributed by atoms with van der Waals surface area (Å²) in [6, 6.07) is 8.53. The fraction of sp³-hybridized carbons (Fsp3) is 0.417. The first-order chi connectivity index (χ1) is 6.80. The Hall–Kier alpha value is -1.31. The van der Waals surface area contributed by atoms with Crippen molar-refractivity contribution >= 4 is 5.91 Å². The molecule has 14 heavy (non-hydrogen) atoms. The van der Waals surface area contributed by atoms with E-state index in [0.717, 1.165) is 19.4 Å². The molecule has 1 fully saturated rings. The largest absolute Gasteiger partial charge is 0.355 e. The first-order valence-electron chi connectivity index (χ1n) is 5.15. The van der Waals surface area contributed by atoms with E-state index in [1.165, 1.54) is 11.1 Å². The summed E-state index contributed by atoms with van der Waals surface area (Å²) in [7, 11) is 0. The molecule has 3 rings (SSSR count). The lowest BCUT2D eigenvalue weighted by Gasteiger charge is -2.21. The number of hydrogen-bond donors (Lipinski definition) is 1. The van der Waals surface area contributed by atoms with Crippen molar-refractivity contribution in [3.05, 3.63) is 35.4 Å². The number of rotatable bonds is 0. The van der Waals surface area contributed by atoms with Gasteiger partial charge in [-0.1, -0.05) is 24.3 Å². The predicted molar refractivity (Wildman–Crippen MR) is 54.1 cm³/mol. The minimum atomic E-state index is 0.133. The molecule has 1 saturated heterocycles. The van der Waals surface area contributed by atoms with E-state index in [1.54, 1.807) is 0 Å². The Morgan fingerprint density at radius 1 is 1.29 bits per heavy atom. The molecule has 2 nitrogen and oxygen atoms in total. The predicted octanol–water partition coefficient (Wildman–Crippen LogP) is 1.39. The third kappa shape index (κ3) is 0.939. The zero-order valence-corrected chi connectivity index (χ0v) is 8.05. The molecular formula is C12H13NO. The third-order valence-corrected chi connectivity index (χ3v) is 3.58. The normalized spacial score (nSPS) is 29.3. The molecule has 0 bridgehead atoms. The number of amides is 1. The van der Waals surface area contributed by atoms with Crippen LogP contribution in [0.1, 0.15) is 24.0 Å². The molecule has 1 aromatic carbocycles. The highest BCUT2D eigenvalue weighted by Gasteiger charge is 2.43. The molecule has 1 aromatic rings. The van der Waals surface area contributed by atoms with E-state index in [4.69, 9.17) is 0 Å². The van der Waals surface area contributed by atoms with Crippen molar-refractivity contribution in [3.8, 4) is 0 Å². The van der Waals surface area contributed by atoms with Gasteiger partial charge in [-0.2, -0.15) is 0 Å². The zero-order chi connectivity index (χ0) is 9.60. The zero-order valence-electron chi connectivity index (χ0n) is 8.05.